The molecule has 0 bridgehead atoms. The smallest absolute Gasteiger partial charge is 0.152 e. The summed E-state index contributed by atoms with van der Waals surface area (Å²) >= 11 is 0. The molecule has 0 fully saturated rings. The minimum absolute atomic E-state index is 0.152. The van der Waals surface area contributed by atoms with Gasteiger partial charge in [-0.2, -0.15) is 0 Å². The minimum Gasteiger partial charge on any atom is -0.310 e. The van der Waals surface area contributed by atoms with Crippen molar-refractivity contribution in [2.45, 2.75) is 19.8 Å². The van der Waals surface area contributed by atoms with Gasteiger partial charge in [-0.1, -0.05) is 12.1 Å². The number of rotatable bonds is 6. The highest BCUT2D eigenvalue weighted by Crippen LogP contribution is 1.93. The SMILES string of the molecule is CCCNCC(=O)Cc1cn(C)nn1. The predicted molar refractivity (Wildman–Crippen MR) is 52.9 cm³/mol. The van der Waals surface area contributed by atoms with Gasteiger partial charge in [0.2, 0.25) is 0 Å². The molecule has 0 aliphatic carbocycles. The third-order valence-electron chi connectivity index (χ3n) is 1.78. The van der Waals surface area contributed by atoms with Crippen LogP contribution in [0.3, 0.4) is 0 Å². The number of ketones is 1. The minimum atomic E-state index is 0.152. The zero-order chi connectivity index (χ0) is 10.4. The van der Waals surface area contributed by atoms with Crippen LogP contribution in [0.4, 0.5) is 0 Å². The van der Waals surface area contributed by atoms with E-state index >= 15 is 0 Å². The van der Waals surface area contributed by atoms with Gasteiger partial charge in [0.15, 0.2) is 5.78 Å². The molecule has 1 heterocycles. The largest absolute Gasteiger partial charge is 0.310 e. The van der Waals surface area contributed by atoms with Crippen molar-refractivity contribution < 1.29 is 4.79 Å². The maximum atomic E-state index is 11.4. The van der Waals surface area contributed by atoms with Crippen LogP contribution in [0.15, 0.2) is 6.20 Å². The van der Waals surface area contributed by atoms with Crippen molar-refractivity contribution in [3.8, 4) is 0 Å². The Morgan fingerprint density at radius 3 is 3.00 bits per heavy atom. The van der Waals surface area contributed by atoms with Gasteiger partial charge in [-0.15, -0.1) is 5.10 Å². The molecule has 1 rings (SSSR count). The number of nitrogens with zero attached hydrogens (tertiary/aromatic N) is 3. The second kappa shape index (κ2) is 5.49. The van der Waals surface area contributed by atoms with E-state index in [1.807, 2.05) is 0 Å². The Labute approximate surface area is 83.5 Å². The third-order valence-corrected chi connectivity index (χ3v) is 1.78. The van der Waals surface area contributed by atoms with Gasteiger partial charge in [0.05, 0.1) is 18.7 Å². The van der Waals surface area contributed by atoms with Crippen LogP contribution in [0, 0.1) is 0 Å². The number of hydrogen-bond acceptors (Lipinski definition) is 4. The highest BCUT2D eigenvalue weighted by atomic mass is 16.1. The Morgan fingerprint density at radius 1 is 1.64 bits per heavy atom. The van der Waals surface area contributed by atoms with Gasteiger partial charge in [-0.25, -0.2) is 0 Å². The first-order chi connectivity index (χ1) is 6.72. The van der Waals surface area contributed by atoms with Crippen molar-refractivity contribution in [1.82, 2.24) is 20.3 Å². The van der Waals surface area contributed by atoms with Crippen molar-refractivity contribution in [3.05, 3.63) is 11.9 Å². The first-order valence-electron chi connectivity index (χ1n) is 4.80. The van der Waals surface area contributed by atoms with E-state index in [1.54, 1.807) is 17.9 Å². The fraction of sp³-hybridized carbons (Fsp3) is 0.667. The van der Waals surface area contributed by atoms with Gasteiger partial charge in [0.25, 0.3) is 0 Å². The lowest BCUT2D eigenvalue weighted by Gasteiger charge is -1.99. The van der Waals surface area contributed by atoms with Crippen molar-refractivity contribution in [2.24, 2.45) is 7.05 Å². The normalized spacial score (nSPS) is 10.4. The molecule has 0 saturated carbocycles. The monoisotopic (exact) mass is 196 g/mol. The van der Waals surface area contributed by atoms with Crippen molar-refractivity contribution in [3.63, 3.8) is 0 Å². The summed E-state index contributed by atoms with van der Waals surface area (Å²) in [4.78, 5) is 11.4. The molecule has 78 valence electrons. The van der Waals surface area contributed by atoms with E-state index in [0.717, 1.165) is 18.7 Å². The number of carbonyl (C=O) groups is 1. The Bertz CT molecular complexity index is 295. The number of aromatic nitrogens is 3. The quantitative estimate of drug-likeness (QED) is 0.647. The number of hydrogen-bond donors (Lipinski definition) is 1. The molecule has 0 aliphatic rings. The van der Waals surface area contributed by atoms with Crippen LogP contribution >= 0.6 is 0 Å². The summed E-state index contributed by atoms with van der Waals surface area (Å²) < 4.78 is 1.60. The van der Waals surface area contributed by atoms with Gasteiger partial charge < -0.3 is 5.32 Å². The van der Waals surface area contributed by atoms with Crippen LogP contribution in [0.2, 0.25) is 0 Å². The molecule has 0 radical (unpaired) electrons. The fourth-order valence-electron chi connectivity index (χ4n) is 1.15. The summed E-state index contributed by atoms with van der Waals surface area (Å²) in [7, 11) is 1.79. The van der Waals surface area contributed by atoms with Gasteiger partial charge in [0.1, 0.15) is 0 Å². The van der Waals surface area contributed by atoms with E-state index in [0.29, 0.717) is 13.0 Å². The fourth-order valence-corrected chi connectivity index (χ4v) is 1.15. The number of Topliss-reactive ketones (excluding diaryl/α,β-unsaturated/α-hetero) is 1. The molecule has 0 amide bonds. The third kappa shape index (κ3) is 3.66. The van der Waals surface area contributed by atoms with Gasteiger partial charge in [-0.3, -0.25) is 9.48 Å². The van der Waals surface area contributed by atoms with Crippen LogP contribution < -0.4 is 5.32 Å². The number of carbonyl (C=O) groups excluding carboxylic acids is 1. The molecule has 5 heteroatoms. The van der Waals surface area contributed by atoms with Crippen molar-refractivity contribution >= 4 is 5.78 Å². The zero-order valence-electron chi connectivity index (χ0n) is 8.66. The Kier molecular flexibility index (Phi) is 4.25. The molecule has 5 nitrogen and oxygen atoms in total. The Hall–Kier alpha value is -1.23. The van der Waals surface area contributed by atoms with Crippen LogP contribution in [0.5, 0.6) is 0 Å². The summed E-state index contributed by atoms with van der Waals surface area (Å²) in [5.41, 5.74) is 0.732. The summed E-state index contributed by atoms with van der Waals surface area (Å²) in [6.07, 6.45) is 3.17. The summed E-state index contributed by atoms with van der Waals surface area (Å²) in [6.45, 7) is 3.37. The van der Waals surface area contributed by atoms with Crippen LogP contribution in [0.25, 0.3) is 0 Å². The molecular weight excluding hydrogens is 180 g/mol. The lowest BCUT2D eigenvalue weighted by Crippen LogP contribution is -2.24. The topological polar surface area (TPSA) is 59.8 Å². The maximum absolute atomic E-state index is 11.4. The lowest BCUT2D eigenvalue weighted by atomic mass is 10.2. The molecule has 0 aliphatic heterocycles. The summed E-state index contributed by atoms with van der Waals surface area (Å²) in [5.74, 6) is 0.152. The highest BCUT2D eigenvalue weighted by molar-refractivity contribution is 5.82. The van der Waals surface area contributed by atoms with E-state index < -0.39 is 0 Å². The molecule has 0 saturated heterocycles. The molecule has 0 spiro atoms. The highest BCUT2D eigenvalue weighted by Gasteiger charge is 2.05. The molecule has 1 aromatic heterocycles. The second-order valence-corrected chi connectivity index (χ2v) is 3.28. The van der Waals surface area contributed by atoms with Gasteiger partial charge in [0, 0.05) is 13.2 Å². The summed E-state index contributed by atoms with van der Waals surface area (Å²) in [6, 6.07) is 0. The Balaban J connectivity index is 2.27. The van der Waals surface area contributed by atoms with Crippen molar-refractivity contribution in [2.75, 3.05) is 13.1 Å². The first kappa shape index (κ1) is 10.8. The average Bonchev–Trinajstić information content (AvgIpc) is 2.52. The number of nitrogens with one attached hydrogen (secondary N) is 1. The van der Waals surface area contributed by atoms with Crippen molar-refractivity contribution in [1.29, 1.82) is 0 Å². The predicted octanol–water partition coefficient (Wildman–Crippen LogP) is -0.0737. The molecule has 0 aromatic carbocycles. The van der Waals surface area contributed by atoms with Gasteiger partial charge in [-0.05, 0) is 13.0 Å². The standard InChI is InChI=1S/C9H16N4O/c1-3-4-10-6-9(14)5-8-7-13(2)12-11-8/h7,10H,3-6H2,1-2H3. The Morgan fingerprint density at radius 2 is 2.43 bits per heavy atom. The maximum Gasteiger partial charge on any atom is 0.152 e. The molecule has 1 aromatic rings. The van der Waals surface area contributed by atoms with E-state index in [2.05, 4.69) is 22.6 Å². The molecule has 0 atom stereocenters. The van der Waals surface area contributed by atoms with Crippen LogP contribution in [0.1, 0.15) is 19.0 Å². The van der Waals surface area contributed by atoms with E-state index in [4.69, 9.17) is 0 Å². The summed E-state index contributed by atoms with van der Waals surface area (Å²) in [5, 5.41) is 10.7. The zero-order valence-corrected chi connectivity index (χ0v) is 8.66. The molecule has 1 N–H and O–H groups in total. The number of aryl methyl sites for hydroxylation is 1. The molecule has 0 unspecified atom stereocenters. The first-order valence-corrected chi connectivity index (χ1v) is 4.80. The van der Waals surface area contributed by atoms with Crippen LogP contribution in [-0.4, -0.2) is 33.9 Å². The van der Waals surface area contributed by atoms with E-state index in [-0.39, 0.29) is 5.78 Å². The van der Waals surface area contributed by atoms with Gasteiger partial charge >= 0.3 is 0 Å². The lowest BCUT2D eigenvalue weighted by molar-refractivity contribution is -0.117. The van der Waals surface area contributed by atoms with Crippen LogP contribution in [-0.2, 0) is 18.3 Å². The van der Waals surface area contributed by atoms with E-state index in [9.17, 15) is 4.79 Å². The molecular formula is C9H16N4O. The van der Waals surface area contributed by atoms with E-state index in [1.165, 1.54) is 0 Å². The molecule has 14 heavy (non-hydrogen) atoms. The average molecular weight is 196 g/mol. The second-order valence-electron chi connectivity index (χ2n) is 3.28.